The van der Waals surface area contributed by atoms with Crippen LogP contribution >= 0.6 is 0 Å². The van der Waals surface area contributed by atoms with Gasteiger partial charge in [-0.3, -0.25) is 9.69 Å². The number of amides is 3. The van der Waals surface area contributed by atoms with E-state index >= 15 is 0 Å². The molecule has 3 amide bonds. The van der Waals surface area contributed by atoms with Gasteiger partial charge in [-0.05, 0) is 36.8 Å². The minimum Gasteiger partial charge on any atom is -0.375 e. The lowest BCUT2D eigenvalue weighted by Crippen LogP contribution is -2.49. The third kappa shape index (κ3) is 4.45. The molecule has 6 nitrogen and oxygen atoms in total. The van der Waals surface area contributed by atoms with Gasteiger partial charge in [-0.15, -0.1) is 0 Å². The summed E-state index contributed by atoms with van der Waals surface area (Å²) < 4.78 is 32.2. The number of carbonyl (C=O) groups is 2. The van der Waals surface area contributed by atoms with Crippen molar-refractivity contribution in [2.24, 2.45) is 0 Å². The molecule has 148 valence electrons. The number of rotatable bonds is 6. The van der Waals surface area contributed by atoms with Crippen LogP contribution in [0.1, 0.15) is 12.0 Å². The largest absolute Gasteiger partial charge is 0.375 e. The zero-order chi connectivity index (χ0) is 20.1. The van der Waals surface area contributed by atoms with Crippen LogP contribution in [0.15, 0.2) is 42.5 Å². The summed E-state index contributed by atoms with van der Waals surface area (Å²) in [7, 11) is 1.42. The number of halogens is 2. The molecule has 0 aliphatic carbocycles. The third-order valence-corrected chi connectivity index (χ3v) is 4.42. The molecule has 0 aromatic heterocycles. The Bertz CT molecular complexity index is 876. The minimum absolute atomic E-state index is 0.0306. The zero-order valence-corrected chi connectivity index (χ0v) is 15.5. The number of nitrogens with zero attached hydrogens (tertiary/aromatic N) is 2. The molecular weight excluding hydrogens is 368 g/mol. The number of ether oxygens (including phenoxy) is 1. The van der Waals surface area contributed by atoms with E-state index in [9.17, 15) is 18.4 Å². The maximum absolute atomic E-state index is 14.0. The molecule has 1 fully saturated rings. The Morgan fingerprint density at radius 3 is 2.75 bits per heavy atom. The van der Waals surface area contributed by atoms with Crippen molar-refractivity contribution in [3.63, 3.8) is 0 Å². The van der Waals surface area contributed by atoms with Crippen LogP contribution < -0.4 is 10.2 Å². The van der Waals surface area contributed by atoms with E-state index in [1.165, 1.54) is 16.9 Å². The predicted octanol–water partition coefficient (Wildman–Crippen LogP) is 3.38. The number of anilines is 2. The first-order chi connectivity index (χ1) is 13.5. The summed E-state index contributed by atoms with van der Waals surface area (Å²) in [5, 5.41) is 2.72. The normalized spacial score (nSPS) is 14.3. The molecule has 0 bridgehead atoms. The first-order valence-electron chi connectivity index (χ1n) is 8.88. The Kier molecular flexibility index (Phi) is 6.20. The maximum Gasteiger partial charge on any atom is 0.324 e. The van der Waals surface area contributed by atoms with Gasteiger partial charge in [-0.25, -0.2) is 13.6 Å². The van der Waals surface area contributed by atoms with Crippen LogP contribution in [0.3, 0.4) is 0 Å². The first-order valence-corrected chi connectivity index (χ1v) is 8.88. The minimum atomic E-state index is -0.557. The molecule has 1 aliphatic rings. The standard InChI is InChI=1S/C20H21F2N3O3/c1-28-13-19(26)23-17-5-2-3-6-18(17)25-10-4-9-24(20(25)27)12-14-11-15(21)7-8-16(14)22/h2-3,5-8,11H,4,9-10,12-13H2,1H3,(H,23,26). The molecular formula is C20H21F2N3O3. The topological polar surface area (TPSA) is 61.9 Å². The van der Waals surface area contributed by atoms with Crippen molar-refractivity contribution in [2.45, 2.75) is 13.0 Å². The second-order valence-electron chi connectivity index (χ2n) is 6.44. The van der Waals surface area contributed by atoms with Gasteiger partial charge in [0, 0.05) is 25.8 Å². The Hall–Kier alpha value is -3.00. The predicted molar refractivity (Wildman–Crippen MR) is 101 cm³/mol. The fraction of sp³-hybridized carbons (Fsp3) is 0.300. The first kappa shape index (κ1) is 19.8. The number of benzene rings is 2. The van der Waals surface area contributed by atoms with E-state index in [4.69, 9.17) is 4.74 Å². The van der Waals surface area contributed by atoms with E-state index in [0.29, 0.717) is 30.9 Å². The van der Waals surface area contributed by atoms with Gasteiger partial charge in [0.25, 0.3) is 0 Å². The number of carbonyl (C=O) groups excluding carboxylic acids is 2. The smallest absolute Gasteiger partial charge is 0.324 e. The van der Waals surface area contributed by atoms with Crippen molar-refractivity contribution in [1.82, 2.24) is 4.90 Å². The van der Waals surface area contributed by atoms with E-state index in [1.807, 2.05) is 0 Å². The van der Waals surface area contributed by atoms with Gasteiger partial charge >= 0.3 is 6.03 Å². The van der Waals surface area contributed by atoms with Crippen molar-refractivity contribution in [1.29, 1.82) is 0 Å². The third-order valence-electron chi connectivity index (χ3n) is 4.42. The molecule has 0 spiro atoms. The van der Waals surface area contributed by atoms with Crippen molar-refractivity contribution in [3.05, 3.63) is 59.7 Å². The summed E-state index contributed by atoms with van der Waals surface area (Å²) in [4.78, 5) is 27.9. The van der Waals surface area contributed by atoms with Crippen molar-refractivity contribution >= 4 is 23.3 Å². The highest BCUT2D eigenvalue weighted by Crippen LogP contribution is 2.29. The molecule has 2 aromatic carbocycles. The molecule has 1 N–H and O–H groups in total. The van der Waals surface area contributed by atoms with Gasteiger partial charge in [-0.2, -0.15) is 0 Å². The van der Waals surface area contributed by atoms with E-state index in [-0.39, 0.29) is 30.7 Å². The second kappa shape index (κ2) is 8.79. The molecule has 2 aromatic rings. The molecule has 3 rings (SSSR count). The number of hydrogen-bond acceptors (Lipinski definition) is 3. The summed E-state index contributed by atoms with van der Waals surface area (Å²) >= 11 is 0. The van der Waals surface area contributed by atoms with Gasteiger partial charge in [0.2, 0.25) is 5.91 Å². The van der Waals surface area contributed by atoms with Gasteiger partial charge < -0.3 is 15.0 Å². The monoisotopic (exact) mass is 389 g/mol. The Balaban J connectivity index is 1.81. The fourth-order valence-electron chi connectivity index (χ4n) is 3.15. The second-order valence-corrected chi connectivity index (χ2v) is 6.44. The molecule has 0 saturated carbocycles. The summed E-state index contributed by atoms with van der Waals surface area (Å²) in [5.41, 5.74) is 1.15. The van der Waals surface area contributed by atoms with Crippen LogP contribution in [0.5, 0.6) is 0 Å². The van der Waals surface area contributed by atoms with Crippen LogP contribution in [0.4, 0.5) is 25.0 Å². The highest BCUT2D eigenvalue weighted by molar-refractivity contribution is 6.01. The number of methoxy groups -OCH3 is 1. The summed E-state index contributed by atoms with van der Waals surface area (Å²) in [6.45, 7) is 0.756. The fourth-order valence-corrected chi connectivity index (χ4v) is 3.15. The molecule has 1 saturated heterocycles. The lowest BCUT2D eigenvalue weighted by atomic mass is 10.1. The molecule has 1 heterocycles. The van der Waals surface area contributed by atoms with E-state index < -0.39 is 11.6 Å². The Morgan fingerprint density at radius 2 is 1.96 bits per heavy atom. The summed E-state index contributed by atoms with van der Waals surface area (Å²) in [6, 6.07) is 9.80. The lowest BCUT2D eigenvalue weighted by molar-refractivity contribution is -0.119. The highest BCUT2D eigenvalue weighted by Gasteiger charge is 2.29. The SMILES string of the molecule is COCC(=O)Nc1ccccc1N1CCCN(Cc2cc(F)ccc2F)C1=O. The number of para-hydroxylation sites is 2. The average molecular weight is 389 g/mol. The molecule has 8 heteroatoms. The van der Waals surface area contributed by atoms with Crippen molar-refractivity contribution < 1.29 is 23.1 Å². The van der Waals surface area contributed by atoms with Crippen molar-refractivity contribution in [2.75, 3.05) is 37.0 Å². The van der Waals surface area contributed by atoms with Crippen LogP contribution in [-0.4, -0.2) is 43.6 Å². The summed E-state index contributed by atoms with van der Waals surface area (Å²) in [5.74, 6) is -1.44. The van der Waals surface area contributed by atoms with Crippen LogP contribution in [0, 0.1) is 11.6 Å². The highest BCUT2D eigenvalue weighted by atomic mass is 19.1. The van der Waals surface area contributed by atoms with Crippen LogP contribution in [-0.2, 0) is 16.1 Å². The quantitative estimate of drug-likeness (QED) is 0.824. The zero-order valence-electron chi connectivity index (χ0n) is 15.5. The summed E-state index contributed by atoms with van der Waals surface area (Å²) in [6.07, 6.45) is 0.656. The molecule has 0 atom stereocenters. The number of urea groups is 1. The van der Waals surface area contributed by atoms with Crippen LogP contribution in [0.25, 0.3) is 0 Å². The van der Waals surface area contributed by atoms with E-state index in [1.54, 1.807) is 24.3 Å². The maximum atomic E-state index is 14.0. The molecule has 0 unspecified atom stereocenters. The molecule has 1 aliphatic heterocycles. The van der Waals surface area contributed by atoms with Gasteiger partial charge in [0.1, 0.15) is 18.2 Å². The van der Waals surface area contributed by atoms with Crippen LogP contribution in [0.2, 0.25) is 0 Å². The number of nitrogens with one attached hydrogen (secondary N) is 1. The van der Waals surface area contributed by atoms with E-state index in [2.05, 4.69) is 5.32 Å². The van der Waals surface area contributed by atoms with Crippen molar-refractivity contribution in [3.8, 4) is 0 Å². The lowest BCUT2D eigenvalue weighted by Gasteiger charge is -2.36. The number of hydrogen-bond donors (Lipinski definition) is 1. The Labute approximate surface area is 161 Å². The van der Waals surface area contributed by atoms with E-state index in [0.717, 1.165) is 18.2 Å². The van der Waals surface area contributed by atoms with Gasteiger partial charge in [-0.1, -0.05) is 12.1 Å². The van der Waals surface area contributed by atoms with Gasteiger partial charge in [0.15, 0.2) is 0 Å². The van der Waals surface area contributed by atoms with Gasteiger partial charge in [0.05, 0.1) is 17.9 Å². The molecule has 28 heavy (non-hydrogen) atoms. The molecule has 0 radical (unpaired) electrons. The Morgan fingerprint density at radius 1 is 1.18 bits per heavy atom. The average Bonchev–Trinajstić information content (AvgIpc) is 2.67.